The van der Waals surface area contributed by atoms with Crippen LogP contribution in [0.3, 0.4) is 0 Å². The van der Waals surface area contributed by atoms with Gasteiger partial charge in [0.2, 0.25) is 0 Å². The van der Waals surface area contributed by atoms with Gasteiger partial charge in [-0.1, -0.05) is 0 Å². The SMILES string of the molecule is Cc1cc(CC2CN(C(=O)O)CC2O)nc(N(C(=O)OC(C)(C)C)C(=O)OC(C)(C)C)c1. The molecule has 0 radical (unpaired) electrons. The first-order valence-electron chi connectivity index (χ1n) is 10.5. The van der Waals surface area contributed by atoms with Gasteiger partial charge in [0.25, 0.3) is 0 Å². The third-order valence-electron chi connectivity index (χ3n) is 4.54. The lowest BCUT2D eigenvalue weighted by molar-refractivity contribution is 0.0428. The molecule has 178 valence electrons. The minimum absolute atomic E-state index is 0.0284. The number of aliphatic hydroxyl groups excluding tert-OH is 1. The van der Waals surface area contributed by atoms with E-state index in [1.807, 2.05) is 0 Å². The Morgan fingerprint density at radius 3 is 2.03 bits per heavy atom. The quantitative estimate of drug-likeness (QED) is 0.713. The molecule has 2 atom stereocenters. The van der Waals surface area contributed by atoms with Gasteiger partial charge in [0, 0.05) is 18.2 Å². The van der Waals surface area contributed by atoms with Crippen LogP contribution in [0.1, 0.15) is 52.8 Å². The Labute approximate surface area is 188 Å². The fourth-order valence-electron chi connectivity index (χ4n) is 3.30. The maximum atomic E-state index is 12.9. The van der Waals surface area contributed by atoms with E-state index in [9.17, 15) is 24.6 Å². The molecule has 0 aromatic carbocycles. The van der Waals surface area contributed by atoms with Gasteiger partial charge in [0.15, 0.2) is 0 Å². The highest BCUT2D eigenvalue weighted by Crippen LogP contribution is 2.25. The lowest BCUT2D eigenvalue weighted by Gasteiger charge is -2.28. The van der Waals surface area contributed by atoms with E-state index in [1.165, 1.54) is 0 Å². The van der Waals surface area contributed by atoms with Gasteiger partial charge in [0.05, 0.1) is 12.6 Å². The molecule has 10 nitrogen and oxygen atoms in total. The maximum Gasteiger partial charge on any atom is 0.425 e. The number of hydrogen-bond donors (Lipinski definition) is 2. The standard InChI is InChI=1S/C22H33N3O7/c1-13-8-15(10-14-11-24(18(27)28)12-16(14)26)23-17(9-13)25(19(29)31-21(2,3)4)20(30)32-22(5,6)7/h8-9,14,16,26H,10-12H2,1-7H3,(H,27,28). The fourth-order valence-corrected chi connectivity index (χ4v) is 3.30. The maximum absolute atomic E-state index is 12.9. The number of ether oxygens (including phenoxy) is 2. The number of β-amino-alcohol motifs (C(OH)–C–C–N with tert-alkyl or cyclic N) is 1. The molecule has 0 spiro atoms. The van der Waals surface area contributed by atoms with Crippen LogP contribution in [0.15, 0.2) is 12.1 Å². The Hall–Kier alpha value is -2.88. The smallest absolute Gasteiger partial charge is 0.425 e. The number of anilines is 1. The number of rotatable bonds is 3. The van der Waals surface area contributed by atoms with Crippen molar-refractivity contribution in [3.05, 3.63) is 23.4 Å². The second kappa shape index (κ2) is 9.32. The monoisotopic (exact) mass is 451 g/mol. The summed E-state index contributed by atoms with van der Waals surface area (Å²) in [5.41, 5.74) is -0.464. The normalized spacial score (nSPS) is 18.9. The number of nitrogens with zero attached hydrogens (tertiary/aromatic N) is 3. The van der Waals surface area contributed by atoms with Crippen molar-refractivity contribution < 1.29 is 34.1 Å². The second-order valence-electron chi connectivity index (χ2n) is 10.0. The molecule has 0 bridgehead atoms. The zero-order valence-corrected chi connectivity index (χ0v) is 19.7. The van der Waals surface area contributed by atoms with E-state index in [2.05, 4.69) is 4.98 Å². The molecule has 0 saturated carbocycles. The minimum Gasteiger partial charge on any atom is -0.465 e. The summed E-state index contributed by atoms with van der Waals surface area (Å²) >= 11 is 0. The molecule has 2 N–H and O–H groups in total. The van der Waals surface area contributed by atoms with Crippen LogP contribution in [-0.2, 0) is 15.9 Å². The average Bonchev–Trinajstić information content (AvgIpc) is 2.92. The molecule has 0 aliphatic carbocycles. The van der Waals surface area contributed by atoms with Crippen LogP contribution < -0.4 is 4.90 Å². The number of pyridine rings is 1. The molecular formula is C22H33N3O7. The summed E-state index contributed by atoms with van der Waals surface area (Å²) in [6.07, 6.45) is -3.49. The van der Waals surface area contributed by atoms with Crippen molar-refractivity contribution in [2.45, 2.75) is 72.2 Å². The van der Waals surface area contributed by atoms with Gasteiger partial charge in [0.1, 0.15) is 17.0 Å². The summed E-state index contributed by atoms with van der Waals surface area (Å²) in [5.74, 6) is -0.323. The number of imide groups is 1. The van der Waals surface area contributed by atoms with Crippen molar-refractivity contribution in [3.63, 3.8) is 0 Å². The first kappa shape index (κ1) is 25.4. The van der Waals surface area contributed by atoms with Crippen LogP contribution in [0.25, 0.3) is 0 Å². The van der Waals surface area contributed by atoms with Crippen molar-refractivity contribution in [1.29, 1.82) is 0 Å². The van der Waals surface area contributed by atoms with E-state index in [0.29, 0.717) is 5.69 Å². The zero-order valence-electron chi connectivity index (χ0n) is 19.7. The second-order valence-corrected chi connectivity index (χ2v) is 10.0. The summed E-state index contributed by atoms with van der Waals surface area (Å²) in [5, 5.41) is 19.4. The highest BCUT2D eigenvalue weighted by atomic mass is 16.6. The molecule has 2 unspecified atom stereocenters. The molecule has 1 aromatic rings. The van der Waals surface area contributed by atoms with Crippen molar-refractivity contribution >= 4 is 24.1 Å². The molecule has 1 aliphatic rings. The van der Waals surface area contributed by atoms with E-state index >= 15 is 0 Å². The van der Waals surface area contributed by atoms with Crippen LogP contribution in [0.5, 0.6) is 0 Å². The van der Waals surface area contributed by atoms with E-state index in [-0.39, 0.29) is 31.2 Å². The predicted octanol–water partition coefficient (Wildman–Crippen LogP) is 3.58. The molecule has 32 heavy (non-hydrogen) atoms. The number of aliphatic hydroxyl groups is 1. The number of likely N-dealkylation sites (tertiary alicyclic amines) is 1. The molecule has 3 amide bonds. The Morgan fingerprint density at radius 2 is 1.59 bits per heavy atom. The fraction of sp³-hybridized carbons (Fsp3) is 0.636. The van der Waals surface area contributed by atoms with Crippen LogP contribution in [0.4, 0.5) is 20.2 Å². The Kier molecular flexibility index (Phi) is 7.39. The summed E-state index contributed by atoms with van der Waals surface area (Å²) in [6.45, 7) is 12.1. The largest absolute Gasteiger partial charge is 0.465 e. The molecule has 1 fully saturated rings. The van der Waals surface area contributed by atoms with Crippen molar-refractivity contribution in [1.82, 2.24) is 9.88 Å². The summed E-state index contributed by atoms with van der Waals surface area (Å²) < 4.78 is 10.8. The highest BCUT2D eigenvalue weighted by molar-refractivity contribution is 6.08. The van der Waals surface area contributed by atoms with Crippen molar-refractivity contribution in [3.8, 4) is 0 Å². The number of carboxylic acid groups (broad SMARTS) is 1. The topological polar surface area (TPSA) is 130 Å². The van der Waals surface area contributed by atoms with E-state index in [1.54, 1.807) is 60.6 Å². The first-order valence-corrected chi connectivity index (χ1v) is 10.5. The van der Waals surface area contributed by atoms with E-state index in [4.69, 9.17) is 9.47 Å². The summed E-state index contributed by atoms with van der Waals surface area (Å²) in [7, 11) is 0. The molecule has 1 saturated heterocycles. The highest BCUT2D eigenvalue weighted by Gasteiger charge is 2.36. The summed E-state index contributed by atoms with van der Waals surface area (Å²) in [6, 6.07) is 3.33. The van der Waals surface area contributed by atoms with E-state index in [0.717, 1.165) is 15.4 Å². The molecule has 10 heteroatoms. The van der Waals surface area contributed by atoms with Gasteiger partial charge in [-0.15, -0.1) is 0 Å². The molecule has 2 heterocycles. The van der Waals surface area contributed by atoms with Crippen LogP contribution in [-0.4, -0.2) is 68.8 Å². The Balaban J connectivity index is 2.37. The zero-order chi connectivity index (χ0) is 24.4. The molecule has 1 aromatic heterocycles. The van der Waals surface area contributed by atoms with Gasteiger partial charge in [-0.05, 0) is 72.6 Å². The number of hydrogen-bond acceptors (Lipinski definition) is 7. The Bertz CT molecular complexity index is 845. The van der Waals surface area contributed by atoms with Crippen LogP contribution in [0, 0.1) is 12.8 Å². The first-order chi connectivity index (χ1) is 14.6. The van der Waals surface area contributed by atoms with Gasteiger partial charge in [-0.2, -0.15) is 4.90 Å². The van der Waals surface area contributed by atoms with E-state index < -0.39 is 35.6 Å². The third kappa shape index (κ3) is 7.08. The van der Waals surface area contributed by atoms with Gasteiger partial charge < -0.3 is 24.6 Å². The number of amides is 3. The molecule has 1 aliphatic heterocycles. The number of aryl methyl sites for hydroxylation is 1. The minimum atomic E-state index is -1.09. The molecular weight excluding hydrogens is 418 g/mol. The number of carbonyl (C=O) groups is 3. The van der Waals surface area contributed by atoms with Crippen LogP contribution in [0.2, 0.25) is 0 Å². The number of carbonyl (C=O) groups excluding carboxylic acids is 2. The van der Waals surface area contributed by atoms with Gasteiger partial charge in [-0.3, -0.25) is 0 Å². The lowest BCUT2D eigenvalue weighted by atomic mass is 9.99. The average molecular weight is 452 g/mol. The molecule has 2 rings (SSSR count). The van der Waals surface area contributed by atoms with Crippen molar-refractivity contribution in [2.75, 3.05) is 18.0 Å². The Morgan fingerprint density at radius 1 is 1.06 bits per heavy atom. The van der Waals surface area contributed by atoms with Crippen LogP contribution >= 0.6 is 0 Å². The predicted molar refractivity (Wildman–Crippen MR) is 117 cm³/mol. The van der Waals surface area contributed by atoms with Gasteiger partial charge in [-0.25, -0.2) is 19.4 Å². The van der Waals surface area contributed by atoms with Crippen molar-refractivity contribution in [2.24, 2.45) is 5.92 Å². The lowest BCUT2D eigenvalue weighted by Crippen LogP contribution is -2.44. The van der Waals surface area contributed by atoms with Gasteiger partial charge >= 0.3 is 18.3 Å². The number of aromatic nitrogens is 1. The third-order valence-corrected chi connectivity index (χ3v) is 4.54. The summed E-state index contributed by atoms with van der Waals surface area (Å²) in [4.78, 5) is 43.3.